The number of hydrogen-bond donors (Lipinski definition) is 1. The molecule has 0 radical (unpaired) electrons. The largest absolute Gasteiger partial charge is 0.342 e. The molecule has 1 saturated heterocycles. The molecular weight excluding hydrogens is 254 g/mol. The van der Waals surface area contributed by atoms with E-state index in [9.17, 15) is 9.59 Å². The number of rotatable bonds is 5. The molecule has 1 saturated carbocycles. The molecule has 1 heterocycles. The predicted octanol–water partition coefficient (Wildman–Crippen LogP) is 0.989. The maximum atomic E-state index is 12.7. The number of carbonyl (C=O) groups excluding carboxylic acids is 2. The van der Waals surface area contributed by atoms with E-state index in [2.05, 4.69) is 24.3 Å². The van der Waals surface area contributed by atoms with Gasteiger partial charge in [-0.1, -0.05) is 12.8 Å². The summed E-state index contributed by atoms with van der Waals surface area (Å²) in [5.41, 5.74) is -0.574. The molecule has 1 aliphatic carbocycles. The minimum Gasteiger partial charge on any atom is -0.342 e. The van der Waals surface area contributed by atoms with Gasteiger partial charge in [0.2, 0.25) is 11.8 Å². The predicted molar refractivity (Wildman–Crippen MR) is 78.3 cm³/mol. The number of hydrogen-bond acceptors (Lipinski definition) is 3. The molecule has 0 aromatic heterocycles. The van der Waals surface area contributed by atoms with Crippen molar-refractivity contribution in [2.75, 3.05) is 33.7 Å². The summed E-state index contributed by atoms with van der Waals surface area (Å²) < 4.78 is 0. The van der Waals surface area contributed by atoms with E-state index in [1.807, 2.05) is 4.90 Å². The van der Waals surface area contributed by atoms with E-state index >= 15 is 0 Å². The highest BCUT2D eigenvalue weighted by Crippen LogP contribution is 2.33. The Hall–Kier alpha value is -1.10. The van der Waals surface area contributed by atoms with Crippen LogP contribution >= 0.6 is 0 Å². The molecule has 114 valence electrons. The zero-order valence-corrected chi connectivity index (χ0v) is 12.8. The van der Waals surface area contributed by atoms with Crippen molar-refractivity contribution < 1.29 is 9.59 Å². The average molecular weight is 281 g/mol. The van der Waals surface area contributed by atoms with E-state index in [-0.39, 0.29) is 11.8 Å². The fourth-order valence-electron chi connectivity index (χ4n) is 3.29. The quantitative estimate of drug-likeness (QED) is 0.765. The molecule has 1 aliphatic heterocycles. The molecule has 5 nitrogen and oxygen atoms in total. The molecule has 2 rings (SSSR count). The molecule has 0 atom stereocenters. The van der Waals surface area contributed by atoms with Crippen molar-refractivity contribution in [3.63, 3.8) is 0 Å². The molecule has 0 unspecified atom stereocenters. The van der Waals surface area contributed by atoms with E-state index < -0.39 is 5.54 Å². The number of carbonyl (C=O) groups is 2. The van der Waals surface area contributed by atoms with E-state index in [0.717, 1.165) is 51.6 Å². The van der Waals surface area contributed by atoms with Crippen LogP contribution in [0.4, 0.5) is 0 Å². The Balaban J connectivity index is 1.94. The first-order valence-electron chi connectivity index (χ1n) is 7.79. The van der Waals surface area contributed by atoms with Gasteiger partial charge in [0.05, 0.1) is 0 Å². The molecule has 1 N–H and O–H groups in total. The second kappa shape index (κ2) is 6.57. The van der Waals surface area contributed by atoms with Crippen LogP contribution in [0.2, 0.25) is 0 Å². The second-order valence-corrected chi connectivity index (χ2v) is 6.39. The summed E-state index contributed by atoms with van der Waals surface area (Å²) in [5, 5.41) is 3.00. The highest BCUT2D eigenvalue weighted by molar-refractivity contribution is 5.93. The van der Waals surface area contributed by atoms with Gasteiger partial charge >= 0.3 is 0 Å². The Kier molecular flexibility index (Phi) is 5.02. The molecule has 2 aliphatic rings. The van der Waals surface area contributed by atoms with Crippen LogP contribution in [-0.2, 0) is 9.59 Å². The van der Waals surface area contributed by atoms with Gasteiger partial charge in [-0.2, -0.15) is 0 Å². The van der Waals surface area contributed by atoms with Crippen molar-refractivity contribution in [3.8, 4) is 0 Å². The molecule has 0 bridgehead atoms. The van der Waals surface area contributed by atoms with E-state index in [0.29, 0.717) is 13.0 Å². The van der Waals surface area contributed by atoms with Gasteiger partial charge in [0.1, 0.15) is 5.54 Å². The number of nitrogens with one attached hydrogen (secondary N) is 1. The second-order valence-electron chi connectivity index (χ2n) is 6.39. The normalized spacial score (nSPS) is 22.4. The third-order valence-electron chi connectivity index (χ3n) is 4.42. The number of amides is 2. The first kappa shape index (κ1) is 15.3. The van der Waals surface area contributed by atoms with Crippen LogP contribution in [0, 0.1) is 0 Å². The van der Waals surface area contributed by atoms with Crippen molar-refractivity contribution in [1.82, 2.24) is 15.1 Å². The van der Waals surface area contributed by atoms with E-state index in [1.54, 1.807) is 0 Å². The lowest BCUT2D eigenvalue weighted by atomic mass is 9.96. The van der Waals surface area contributed by atoms with Crippen molar-refractivity contribution in [1.29, 1.82) is 0 Å². The van der Waals surface area contributed by atoms with Gasteiger partial charge in [-0.3, -0.25) is 9.59 Å². The summed E-state index contributed by atoms with van der Waals surface area (Å²) in [4.78, 5) is 28.7. The number of nitrogens with zero attached hydrogens (tertiary/aromatic N) is 2. The first-order valence-corrected chi connectivity index (χ1v) is 7.79. The molecule has 20 heavy (non-hydrogen) atoms. The standard InChI is InChI=1S/C15H27N3O2/c1-17(2)10-5-6-11-18-12-7-13(19)16-15(14(18)20)8-3-4-9-15/h3-12H2,1-2H3,(H,16,19). The topological polar surface area (TPSA) is 52.6 Å². The van der Waals surface area contributed by atoms with Crippen molar-refractivity contribution >= 4 is 11.8 Å². The van der Waals surface area contributed by atoms with E-state index in [1.165, 1.54) is 0 Å². The third-order valence-corrected chi connectivity index (χ3v) is 4.42. The average Bonchev–Trinajstić information content (AvgIpc) is 2.82. The maximum Gasteiger partial charge on any atom is 0.248 e. The summed E-state index contributed by atoms with van der Waals surface area (Å²) in [5.74, 6) is 0.196. The summed E-state index contributed by atoms with van der Waals surface area (Å²) in [6.45, 7) is 2.40. The Morgan fingerprint density at radius 1 is 1.20 bits per heavy atom. The van der Waals surface area contributed by atoms with Gasteiger partial charge in [0.15, 0.2) is 0 Å². The van der Waals surface area contributed by atoms with Gasteiger partial charge in [0.25, 0.3) is 0 Å². The fraction of sp³-hybridized carbons (Fsp3) is 0.867. The van der Waals surface area contributed by atoms with Crippen LogP contribution in [-0.4, -0.2) is 60.9 Å². The number of unbranched alkanes of at least 4 members (excludes halogenated alkanes) is 1. The molecule has 1 spiro atoms. The Morgan fingerprint density at radius 2 is 1.90 bits per heavy atom. The molecule has 0 aromatic rings. The van der Waals surface area contributed by atoms with Crippen LogP contribution in [0.15, 0.2) is 0 Å². The van der Waals surface area contributed by atoms with Gasteiger partial charge < -0.3 is 15.1 Å². The van der Waals surface area contributed by atoms with Gasteiger partial charge in [-0.15, -0.1) is 0 Å². The first-order chi connectivity index (χ1) is 9.53. The Bertz CT molecular complexity index is 362. The SMILES string of the molecule is CN(C)CCCCN1CCC(=O)NC2(CCCC2)C1=O. The van der Waals surface area contributed by atoms with Crippen molar-refractivity contribution in [2.24, 2.45) is 0 Å². The lowest BCUT2D eigenvalue weighted by molar-refractivity contribution is -0.138. The highest BCUT2D eigenvalue weighted by Gasteiger charge is 2.46. The monoisotopic (exact) mass is 281 g/mol. The molecule has 0 aromatic carbocycles. The minimum absolute atomic E-state index is 0.0380. The summed E-state index contributed by atoms with van der Waals surface area (Å²) in [6.07, 6.45) is 6.25. The lowest BCUT2D eigenvalue weighted by Crippen LogP contribution is -2.55. The van der Waals surface area contributed by atoms with Gasteiger partial charge in [0, 0.05) is 19.5 Å². The van der Waals surface area contributed by atoms with Crippen LogP contribution in [0.1, 0.15) is 44.9 Å². The molecular formula is C15H27N3O2. The van der Waals surface area contributed by atoms with Gasteiger partial charge in [-0.05, 0) is 46.3 Å². The van der Waals surface area contributed by atoms with Crippen LogP contribution < -0.4 is 5.32 Å². The molecule has 5 heteroatoms. The minimum atomic E-state index is -0.574. The van der Waals surface area contributed by atoms with E-state index in [4.69, 9.17) is 0 Å². The van der Waals surface area contributed by atoms with Crippen molar-refractivity contribution in [2.45, 2.75) is 50.5 Å². The smallest absolute Gasteiger partial charge is 0.248 e. The zero-order chi connectivity index (χ0) is 14.6. The van der Waals surface area contributed by atoms with Crippen LogP contribution in [0.3, 0.4) is 0 Å². The summed E-state index contributed by atoms with van der Waals surface area (Å²) >= 11 is 0. The molecule has 2 fully saturated rings. The summed E-state index contributed by atoms with van der Waals surface area (Å²) in [7, 11) is 4.13. The fourth-order valence-corrected chi connectivity index (χ4v) is 3.29. The highest BCUT2D eigenvalue weighted by atomic mass is 16.2. The van der Waals surface area contributed by atoms with Crippen LogP contribution in [0.5, 0.6) is 0 Å². The third kappa shape index (κ3) is 3.51. The zero-order valence-electron chi connectivity index (χ0n) is 12.8. The van der Waals surface area contributed by atoms with Crippen LogP contribution in [0.25, 0.3) is 0 Å². The molecule has 2 amide bonds. The van der Waals surface area contributed by atoms with Gasteiger partial charge in [-0.25, -0.2) is 0 Å². The Morgan fingerprint density at radius 3 is 2.55 bits per heavy atom. The Labute approximate surface area is 121 Å². The summed E-state index contributed by atoms with van der Waals surface area (Å²) in [6, 6.07) is 0. The van der Waals surface area contributed by atoms with Crippen molar-refractivity contribution in [3.05, 3.63) is 0 Å². The lowest BCUT2D eigenvalue weighted by Gasteiger charge is -2.31. The maximum absolute atomic E-state index is 12.7.